The van der Waals surface area contributed by atoms with Crippen LogP contribution in [0, 0.1) is 0 Å². The number of hydrogen-bond donors (Lipinski definition) is 2. The molecule has 1 rings (SSSR count). The summed E-state index contributed by atoms with van der Waals surface area (Å²) in [6.07, 6.45) is -7.57. The number of rotatable bonds is 1. The lowest BCUT2D eigenvalue weighted by atomic mass is 9.94. The van der Waals surface area contributed by atoms with Crippen molar-refractivity contribution in [3.63, 3.8) is 0 Å². The van der Waals surface area contributed by atoms with E-state index in [1.807, 2.05) is 0 Å². The molecule has 1 saturated heterocycles. The summed E-state index contributed by atoms with van der Waals surface area (Å²) in [7, 11) is 0. The van der Waals surface area contributed by atoms with Gasteiger partial charge in [0, 0.05) is 6.42 Å². The van der Waals surface area contributed by atoms with Crippen LogP contribution in [0.2, 0.25) is 0 Å². The van der Waals surface area contributed by atoms with Crippen molar-refractivity contribution in [2.24, 2.45) is 0 Å². The maximum Gasteiger partial charge on any atom is 0.419 e. The van der Waals surface area contributed by atoms with Gasteiger partial charge in [0.05, 0.1) is 18.8 Å². The molecule has 78 valence electrons. The molecule has 3 atom stereocenters. The van der Waals surface area contributed by atoms with Crippen LogP contribution in [0.5, 0.6) is 0 Å². The zero-order valence-electron chi connectivity index (χ0n) is 7.01. The fourth-order valence-electron chi connectivity index (χ4n) is 1.42. The summed E-state index contributed by atoms with van der Waals surface area (Å²) in [6.45, 7) is 0.631. The zero-order valence-corrected chi connectivity index (χ0v) is 7.01. The molecule has 0 amide bonds. The topological polar surface area (TPSA) is 49.7 Å². The van der Waals surface area contributed by atoms with E-state index in [0.29, 0.717) is 0 Å². The van der Waals surface area contributed by atoms with E-state index < -0.39 is 37.0 Å². The number of halogens is 3. The maximum atomic E-state index is 12.3. The van der Waals surface area contributed by atoms with Crippen molar-refractivity contribution < 1.29 is 28.1 Å². The van der Waals surface area contributed by atoms with Crippen molar-refractivity contribution in [1.29, 1.82) is 0 Å². The Balaban J connectivity index is 2.81. The van der Waals surface area contributed by atoms with Crippen molar-refractivity contribution >= 4 is 0 Å². The average molecular weight is 200 g/mol. The Hall–Kier alpha value is -0.330. The van der Waals surface area contributed by atoms with Crippen molar-refractivity contribution in [3.8, 4) is 0 Å². The normalized spacial score (nSPS) is 41.1. The minimum Gasteiger partial charge on any atom is -0.394 e. The SMILES string of the molecule is C[C@@H]1O[C@H](CO)C[C@]1(O)C(F)(F)F. The molecule has 0 aliphatic carbocycles. The molecule has 1 aliphatic heterocycles. The summed E-state index contributed by atoms with van der Waals surface area (Å²) in [6, 6.07) is 0. The molecule has 2 N–H and O–H groups in total. The van der Waals surface area contributed by atoms with E-state index in [9.17, 15) is 18.3 Å². The molecule has 6 heteroatoms. The van der Waals surface area contributed by atoms with Gasteiger partial charge in [0.25, 0.3) is 0 Å². The molecule has 0 aromatic heterocycles. The van der Waals surface area contributed by atoms with Crippen molar-refractivity contribution in [2.45, 2.75) is 37.3 Å². The van der Waals surface area contributed by atoms with E-state index in [-0.39, 0.29) is 0 Å². The molecule has 0 spiro atoms. The second kappa shape index (κ2) is 3.11. The Morgan fingerprint density at radius 1 is 1.54 bits per heavy atom. The van der Waals surface area contributed by atoms with E-state index >= 15 is 0 Å². The molecule has 0 bridgehead atoms. The van der Waals surface area contributed by atoms with Gasteiger partial charge in [-0.2, -0.15) is 13.2 Å². The van der Waals surface area contributed by atoms with Crippen LogP contribution in [-0.4, -0.2) is 40.8 Å². The average Bonchev–Trinajstić information content (AvgIpc) is 2.28. The van der Waals surface area contributed by atoms with E-state index in [4.69, 9.17) is 9.84 Å². The Labute approximate surface area is 73.1 Å². The minimum absolute atomic E-state index is 0.511. The smallest absolute Gasteiger partial charge is 0.394 e. The van der Waals surface area contributed by atoms with Crippen LogP contribution < -0.4 is 0 Å². The molecule has 3 nitrogen and oxygen atoms in total. The van der Waals surface area contributed by atoms with Gasteiger partial charge < -0.3 is 14.9 Å². The Bertz CT molecular complexity index is 194. The summed E-state index contributed by atoms with van der Waals surface area (Å²) in [4.78, 5) is 0. The van der Waals surface area contributed by atoms with Crippen molar-refractivity contribution in [2.75, 3.05) is 6.61 Å². The van der Waals surface area contributed by atoms with Crippen molar-refractivity contribution in [1.82, 2.24) is 0 Å². The van der Waals surface area contributed by atoms with Gasteiger partial charge in [-0.25, -0.2) is 0 Å². The number of aliphatic hydroxyl groups is 2. The Morgan fingerprint density at radius 3 is 2.31 bits per heavy atom. The number of alkyl halides is 3. The fraction of sp³-hybridized carbons (Fsp3) is 1.00. The first-order valence-electron chi connectivity index (χ1n) is 3.86. The monoisotopic (exact) mass is 200 g/mol. The summed E-state index contributed by atoms with van der Waals surface area (Å²) in [5.41, 5.74) is -2.82. The lowest BCUT2D eigenvalue weighted by molar-refractivity contribution is -0.271. The van der Waals surface area contributed by atoms with Gasteiger partial charge in [-0.3, -0.25) is 0 Å². The summed E-state index contributed by atoms with van der Waals surface area (Å²) in [5.74, 6) is 0. The molecule has 1 fully saturated rings. The largest absolute Gasteiger partial charge is 0.419 e. The van der Waals surface area contributed by atoms with Gasteiger partial charge in [-0.05, 0) is 6.92 Å². The summed E-state index contributed by atoms with van der Waals surface area (Å²) in [5, 5.41) is 17.8. The van der Waals surface area contributed by atoms with E-state index in [1.165, 1.54) is 0 Å². The van der Waals surface area contributed by atoms with Crippen LogP contribution in [0.25, 0.3) is 0 Å². The lowest BCUT2D eigenvalue weighted by Crippen LogP contribution is -2.50. The second-order valence-electron chi connectivity index (χ2n) is 3.21. The van der Waals surface area contributed by atoms with Crippen molar-refractivity contribution in [3.05, 3.63) is 0 Å². The third-order valence-corrected chi connectivity index (χ3v) is 2.30. The molecule has 0 aromatic carbocycles. The molecular weight excluding hydrogens is 189 g/mol. The molecule has 0 saturated carbocycles. The second-order valence-corrected chi connectivity index (χ2v) is 3.21. The van der Waals surface area contributed by atoms with E-state index in [0.717, 1.165) is 6.92 Å². The standard InChI is InChI=1S/C7H11F3O3/c1-4-6(12,7(8,9)10)2-5(3-11)13-4/h4-5,11-12H,2-3H2,1H3/t4-,5-,6+/m0/s1. The molecule has 13 heavy (non-hydrogen) atoms. The third-order valence-electron chi connectivity index (χ3n) is 2.30. The molecule has 0 radical (unpaired) electrons. The Kier molecular flexibility index (Phi) is 2.57. The predicted molar refractivity (Wildman–Crippen MR) is 37.0 cm³/mol. The number of aliphatic hydroxyl groups excluding tert-OH is 1. The van der Waals surface area contributed by atoms with Gasteiger partial charge >= 0.3 is 6.18 Å². The van der Waals surface area contributed by atoms with Crippen LogP contribution in [0.4, 0.5) is 13.2 Å². The Morgan fingerprint density at radius 2 is 2.08 bits per heavy atom. The van der Waals surface area contributed by atoms with Gasteiger partial charge in [0.2, 0.25) is 0 Å². The highest BCUT2D eigenvalue weighted by atomic mass is 19.4. The van der Waals surface area contributed by atoms with E-state index in [2.05, 4.69) is 0 Å². The number of ether oxygens (including phenoxy) is 1. The van der Waals surface area contributed by atoms with Crippen LogP contribution in [-0.2, 0) is 4.74 Å². The van der Waals surface area contributed by atoms with Gasteiger partial charge in [-0.15, -0.1) is 0 Å². The van der Waals surface area contributed by atoms with Gasteiger partial charge in [0.1, 0.15) is 0 Å². The molecule has 0 aromatic rings. The van der Waals surface area contributed by atoms with Gasteiger partial charge in [-0.1, -0.05) is 0 Å². The predicted octanol–water partition coefficient (Wildman–Crippen LogP) is 0.450. The first kappa shape index (κ1) is 10.7. The lowest BCUT2D eigenvalue weighted by Gasteiger charge is -2.28. The zero-order chi connectivity index (χ0) is 10.3. The highest BCUT2D eigenvalue weighted by molar-refractivity contribution is 4.99. The first-order valence-corrected chi connectivity index (χ1v) is 3.86. The van der Waals surface area contributed by atoms with Gasteiger partial charge in [0.15, 0.2) is 5.60 Å². The molecule has 1 aliphatic rings. The van der Waals surface area contributed by atoms with Crippen LogP contribution in [0.15, 0.2) is 0 Å². The third kappa shape index (κ3) is 1.66. The summed E-state index contributed by atoms with van der Waals surface area (Å²) < 4.78 is 41.6. The molecular formula is C7H11F3O3. The minimum atomic E-state index is -4.71. The van der Waals surface area contributed by atoms with Crippen LogP contribution in [0.1, 0.15) is 13.3 Å². The highest BCUT2D eigenvalue weighted by Gasteiger charge is 2.62. The fourth-order valence-corrected chi connectivity index (χ4v) is 1.42. The van der Waals surface area contributed by atoms with E-state index in [1.54, 1.807) is 0 Å². The maximum absolute atomic E-state index is 12.3. The summed E-state index contributed by atoms with van der Waals surface area (Å²) >= 11 is 0. The molecule has 1 heterocycles. The molecule has 0 unspecified atom stereocenters. The quantitative estimate of drug-likeness (QED) is 0.646. The number of hydrogen-bond acceptors (Lipinski definition) is 3. The van der Waals surface area contributed by atoms with Crippen LogP contribution in [0.3, 0.4) is 0 Å². The first-order chi connectivity index (χ1) is 5.81. The van der Waals surface area contributed by atoms with Crippen LogP contribution >= 0.6 is 0 Å². The highest BCUT2D eigenvalue weighted by Crippen LogP contribution is 2.42.